The highest BCUT2D eigenvalue weighted by molar-refractivity contribution is 5.01. The minimum Gasteiger partial charge on any atom is -0.310 e. The predicted octanol–water partition coefficient (Wildman–Crippen LogP) is -0.564. The summed E-state index contributed by atoms with van der Waals surface area (Å²) in [5, 5.41) is 17.7. The molecule has 1 atom stereocenters. The molecule has 0 bridgehead atoms. The van der Waals surface area contributed by atoms with E-state index < -0.39 is 0 Å². The third-order valence-electron chi connectivity index (χ3n) is 2.18. The van der Waals surface area contributed by atoms with Gasteiger partial charge >= 0.3 is 0 Å². The third kappa shape index (κ3) is 2.18. The number of aromatic nitrogens is 6. The maximum absolute atomic E-state index is 4.11. The van der Waals surface area contributed by atoms with Crippen molar-refractivity contribution in [3.8, 4) is 0 Å². The Balaban J connectivity index is 2.09. The Morgan fingerprint density at radius 2 is 2.47 bits per heavy atom. The second-order valence-electron chi connectivity index (χ2n) is 3.30. The molecule has 0 fully saturated rings. The van der Waals surface area contributed by atoms with Crippen molar-refractivity contribution in [2.75, 3.05) is 7.05 Å². The van der Waals surface area contributed by atoms with Crippen LogP contribution in [0.15, 0.2) is 12.5 Å². The Morgan fingerprint density at radius 3 is 3.00 bits per heavy atom. The largest absolute Gasteiger partial charge is 0.310 e. The molecule has 2 heterocycles. The smallest absolute Gasteiger partial charge is 0.141 e. The summed E-state index contributed by atoms with van der Waals surface area (Å²) in [5.41, 5.74) is 0.924. The third-order valence-corrected chi connectivity index (χ3v) is 2.18. The zero-order valence-corrected chi connectivity index (χ0v) is 8.68. The lowest BCUT2D eigenvalue weighted by Gasteiger charge is -2.10. The number of nitrogens with zero attached hydrogens (tertiary/aromatic N) is 5. The van der Waals surface area contributed by atoms with Crippen molar-refractivity contribution in [3.63, 3.8) is 0 Å². The lowest BCUT2D eigenvalue weighted by Crippen LogP contribution is -2.20. The van der Waals surface area contributed by atoms with Crippen LogP contribution in [0.5, 0.6) is 0 Å². The molecule has 0 radical (unpaired) electrons. The molecule has 2 aromatic heterocycles. The van der Waals surface area contributed by atoms with Crippen molar-refractivity contribution < 1.29 is 0 Å². The van der Waals surface area contributed by atoms with Crippen molar-refractivity contribution in [1.82, 2.24) is 35.5 Å². The Labute approximate surface area is 86.9 Å². The lowest BCUT2D eigenvalue weighted by atomic mass is 10.1. The van der Waals surface area contributed by atoms with E-state index in [1.807, 2.05) is 20.3 Å². The number of H-pyrrole nitrogens is 1. The molecule has 0 amide bonds. The fourth-order valence-corrected chi connectivity index (χ4v) is 1.42. The standard InChI is InChI=1S/C8H13N7/c1-9-7(8-10-5-11-13-8)3-6-4-15(2)14-12-6/h4-5,7,9H,3H2,1-2H3,(H,10,11,13). The van der Waals surface area contributed by atoms with Crippen molar-refractivity contribution >= 4 is 0 Å². The number of hydrogen-bond acceptors (Lipinski definition) is 5. The Bertz CT molecular complexity index is 404. The van der Waals surface area contributed by atoms with E-state index in [1.54, 1.807) is 4.68 Å². The summed E-state index contributed by atoms with van der Waals surface area (Å²) < 4.78 is 1.68. The molecular formula is C8H13N7. The first-order valence-electron chi connectivity index (χ1n) is 4.67. The van der Waals surface area contributed by atoms with Crippen molar-refractivity contribution in [1.29, 1.82) is 0 Å². The maximum atomic E-state index is 4.11. The molecule has 15 heavy (non-hydrogen) atoms. The molecule has 0 saturated heterocycles. The topological polar surface area (TPSA) is 84.3 Å². The van der Waals surface area contributed by atoms with E-state index in [0.717, 1.165) is 17.9 Å². The van der Waals surface area contributed by atoms with Crippen LogP contribution in [0.1, 0.15) is 17.6 Å². The van der Waals surface area contributed by atoms with Crippen LogP contribution in [0.4, 0.5) is 0 Å². The molecular weight excluding hydrogens is 194 g/mol. The van der Waals surface area contributed by atoms with E-state index in [4.69, 9.17) is 0 Å². The minimum absolute atomic E-state index is 0.0872. The first kappa shape index (κ1) is 9.78. The van der Waals surface area contributed by atoms with Crippen LogP contribution in [-0.4, -0.2) is 37.2 Å². The summed E-state index contributed by atoms with van der Waals surface area (Å²) in [6.07, 6.45) is 4.12. The zero-order chi connectivity index (χ0) is 10.7. The van der Waals surface area contributed by atoms with Crippen LogP contribution in [0, 0.1) is 0 Å². The first-order valence-corrected chi connectivity index (χ1v) is 4.67. The van der Waals surface area contributed by atoms with Crippen molar-refractivity contribution in [3.05, 3.63) is 24.0 Å². The molecule has 0 spiro atoms. The van der Waals surface area contributed by atoms with Crippen LogP contribution in [0.25, 0.3) is 0 Å². The number of rotatable bonds is 4. The SMILES string of the molecule is CNC(Cc1cn(C)nn1)c1ncn[nH]1. The van der Waals surface area contributed by atoms with Crippen LogP contribution >= 0.6 is 0 Å². The Hall–Kier alpha value is -1.76. The van der Waals surface area contributed by atoms with Gasteiger partial charge in [-0.25, -0.2) is 4.98 Å². The van der Waals surface area contributed by atoms with Crippen molar-refractivity contribution in [2.45, 2.75) is 12.5 Å². The van der Waals surface area contributed by atoms with Gasteiger partial charge in [-0.05, 0) is 7.05 Å². The van der Waals surface area contributed by atoms with E-state index in [1.165, 1.54) is 6.33 Å². The molecule has 2 N–H and O–H groups in total. The van der Waals surface area contributed by atoms with Crippen molar-refractivity contribution in [2.24, 2.45) is 7.05 Å². The first-order chi connectivity index (χ1) is 7.29. The summed E-state index contributed by atoms with van der Waals surface area (Å²) in [4.78, 5) is 4.11. The fraction of sp³-hybridized carbons (Fsp3) is 0.500. The summed E-state index contributed by atoms with van der Waals surface area (Å²) in [6, 6.07) is 0.0872. The van der Waals surface area contributed by atoms with E-state index in [0.29, 0.717) is 0 Å². The van der Waals surface area contributed by atoms with Gasteiger partial charge in [-0.1, -0.05) is 5.21 Å². The average Bonchev–Trinajstić information content (AvgIpc) is 2.85. The summed E-state index contributed by atoms with van der Waals surface area (Å²) in [7, 11) is 3.73. The summed E-state index contributed by atoms with van der Waals surface area (Å²) >= 11 is 0. The highest BCUT2D eigenvalue weighted by Gasteiger charge is 2.14. The molecule has 7 nitrogen and oxygen atoms in total. The highest BCUT2D eigenvalue weighted by atomic mass is 15.4. The molecule has 0 aliphatic heterocycles. The average molecular weight is 207 g/mol. The van der Waals surface area contributed by atoms with Gasteiger partial charge in [-0.15, -0.1) is 5.10 Å². The number of nitrogens with one attached hydrogen (secondary N) is 2. The van der Waals surface area contributed by atoms with Gasteiger partial charge in [0.2, 0.25) is 0 Å². The van der Waals surface area contributed by atoms with Gasteiger partial charge in [0.05, 0.1) is 11.7 Å². The molecule has 2 rings (SSSR count). The van der Waals surface area contributed by atoms with E-state index in [9.17, 15) is 0 Å². The molecule has 0 aliphatic rings. The van der Waals surface area contributed by atoms with Gasteiger partial charge in [0.1, 0.15) is 12.2 Å². The number of hydrogen-bond donors (Lipinski definition) is 2. The van der Waals surface area contributed by atoms with E-state index in [2.05, 4.69) is 30.8 Å². The maximum Gasteiger partial charge on any atom is 0.141 e. The highest BCUT2D eigenvalue weighted by Crippen LogP contribution is 2.11. The van der Waals surface area contributed by atoms with Gasteiger partial charge in [-0.3, -0.25) is 9.78 Å². The molecule has 0 aromatic carbocycles. The van der Waals surface area contributed by atoms with E-state index in [-0.39, 0.29) is 6.04 Å². The Morgan fingerprint density at radius 1 is 1.60 bits per heavy atom. The molecule has 80 valence electrons. The predicted molar refractivity (Wildman–Crippen MR) is 52.9 cm³/mol. The quantitative estimate of drug-likeness (QED) is 0.701. The molecule has 7 heteroatoms. The molecule has 1 unspecified atom stereocenters. The van der Waals surface area contributed by atoms with E-state index >= 15 is 0 Å². The van der Waals surface area contributed by atoms with Gasteiger partial charge in [0.15, 0.2) is 0 Å². The van der Waals surface area contributed by atoms with Gasteiger partial charge in [-0.2, -0.15) is 5.10 Å². The van der Waals surface area contributed by atoms with Crippen LogP contribution in [0.3, 0.4) is 0 Å². The fourth-order valence-electron chi connectivity index (χ4n) is 1.42. The second kappa shape index (κ2) is 4.18. The number of likely N-dealkylation sites (N-methyl/N-ethyl adjacent to an activating group) is 1. The molecule has 0 saturated carbocycles. The minimum atomic E-state index is 0.0872. The number of aryl methyl sites for hydroxylation is 1. The second-order valence-corrected chi connectivity index (χ2v) is 3.30. The molecule has 2 aromatic rings. The Kier molecular flexibility index (Phi) is 2.72. The lowest BCUT2D eigenvalue weighted by molar-refractivity contribution is 0.552. The summed E-state index contributed by atoms with van der Waals surface area (Å²) in [5.74, 6) is 0.808. The van der Waals surface area contributed by atoms with Crippen LogP contribution in [0.2, 0.25) is 0 Å². The monoisotopic (exact) mass is 207 g/mol. The number of aromatic amines is 1. The van der Waals surface area contributed by atoms with Crippen LogP contribution < -0.4 is 5.32 Å². The van der Waals surface area contributed by atoms with Gasteiger partial charge in [0, 0.05) is 19.7 Å². The summed E-state index contributed by atoms with van der Waals surface area (Å²) in [6.45, 7) is 0. The van der Waals surface area contributed by atoms with Gasteiger partial charge in [0.25, 0.3) is 0 Å². The zero-order valence-electron chi connectivity index (χ0n) is 8.68. The van der Waals surface area contributed by atoms with Gasteiger partial charge < -0.3 is 5.32 Å². The molecule has 0 aliphatic carbocycles. The van der Waals surface area contributed by atoms with Crippen LogP contribution in [-0.2, 0) is 13.5 Å². The normalized spacial score (nSPS) is 12.9.